The number of hydrogen-bond acceptors (Lipinski definition) is 4. The molecule has 0 bridgehead atoms. The topological polar surface area (TPSA) is 64.7 Å². The molecule has 160 valence electrons. The molecule has 0 aromatic heterocycles. The fraction of sp³-hybridized carbons (Fsp3) is 1.00. The minimum Gasteiger partial charge on any atom is -0.390 e. The largest absolute Gasteiger partial charge is 0.390 e. The van der Waals surface area contributed by atoms with E-state index in [-0.39, 0.29) is 24.0 Å². The van der Waals surface area contributed by atoms with E-state index in [0.717, 1.165) is 36.5 Å². The van der Waals surface area contributed by atoms with E-state index in [4.69, 9.17) is 15.2 Å². The van der Waals surface area contributed by atoms with Crippen molar-refractivity contribution in [2.24, 2.45) is 34.8 Å². The lowest BCUT2D eigenvalue weighted by Gasteiger charge is -2.60. The third-order valence-corrected chi connectivity index (χ3v) is 9.99. The van der Waals surface area contributed by atoms with Crippen molar-refractivity contribution in [1.29, 1.82) is 0 Å². The summed E-state index contributed by atoms with van der Waals surface area (Å²) < 4.78 is 12.3. The van der Waals surface area contributed by atoms with Gasteiger partial charge in [0.05, 0.1) is 18.3 Å². The van der Waals surface area contributed by atoms with Crippen molar-refractivity contribution in [1.82, 2.24) is 0 Å². The van der Waals surface area contributed by atoms with Crippen LogP contribution in [0, 0.1) is 29.1 Å². The highest BCUT2D eigenvalue weighted by atomic mass is 16.7. The second kappa shape index (κ2) is 7.21. The Kier molecular flexibility index (Phi) is 5.10. The van der Waals surface area contributed by atoms with E-state index < -0.39 is 0 Å². The first-order chi connectivity index (χ1) is 13.4. The van der Waals surface area contributed by atoms with Gasteiger partial charge in [-0.05, 0) is 100 Å². The molecule has 4 aliphatic carbocycles. The second-order valence-electron chi connectivity index (χ2n) is 11.3. The average molecular weight is 392 g/mol. The summed E-state index contributed by atoms with van der Waals surface area (Å²) in [7, 11) is 0. The van der Waals surface area contributed by atoms with Crippen LogP contribution < -0.4 is 5.73 Å². The molecule has 4 saturated carbocycles. The molecule has 5 aliphatic rings. The molecule has 10 atom stereocenters. The Bertz CT molecular complexity index is 584. The Morgan fingerprint density at radius 1 is 0.964 bits per heavy atom. The van der Waals surface area contributed by atoms with Crippen LogP contribution in [0.1, 0.15) is 90.9 Å². The van der Waals surface area contributed by atoms with Crippen LogP contribution in [0.2, 0.25) is 0 Å². The summed E-state index contributed by atoms with van der Waals surface area (Å²) in [5.41, 5.74) is 7.70. The molecule has 4 nitrogen and oxygen atoms in total. The Labute approximate surface area is 170 Å². The van der Waals surface area contributed by atoms with Crippen LogP contribution in [0.4, 0.5) is 0 Å². The molecule has 0 amide bonds. The van der Waals surface area contributed by atoms with Gasteiger partial charge in [-0.1, -0.05) is 13.3 Å². The smallest absolute Gasteiger partial charge is 0.158 e. The molecule has 0 aromatic rings. The summed E-state index contributed by atoms with van der Waals surface area (Å²) in [4.78, 5) is 0. The predicted octanol–water partition coefficient (Wildman–Crippen LogP) is 4.38. The molecule has 5 unspecified atom stereocenters. The van der Waals surface area contributed by atoms with Crippen molar-refractivity contribution in [3.05, 3.63) is 0 Å². The van der Waals surface area contributed by atoms with Gasteiger partial charge in [0.25, 0.3) is 0 Å². The summed E-state index contributed by atoms with van der Waals surface area (Å²) in [5, 5.41) is 9.88. The molecular formula is C24H41NO3. The molecule has 1 heterocycles. The van der Waals surface area contributed by atoms with Crippen LogP contribution in [0.5, 0.6) is 0 Å². The van der Waals surface area contributed by atoms with Gasteiger partial charge in [-0.15, -0.1) is 0 Å². The number of rotatable bonds is 2. The van der Waals surface area contributed by atoms with Gasteiger partial charge < -0.3 is 20.3 Å². The van der Waals surface area contributed by atoms with E-state index in [1.54, 1.807) is 0 Å². The Morgan fingerprint density at radius 2 is 1.82 bits per heavy atom. The minimum atomic E-state index is -0.331. The zero-order valence-corrected chi connectivity index (χ0v) is 17.9. The van der Waals surface area contributed by atoms with Crippen molar-refractivity contribution >= 4 is 0 Å². The van der Waals surface area contributed by atoms with Gasteiger partial charge in [0.2, 0.25) is 0 Å². The monoisotopic (exact) mass is 391 g/mol. The first-order valence-corrected chi connectivity index (χ1v) is 12.2. The van der Waals surface area contributed by atoms with Crippen molar-refractivity contribution in [3.63, 3.8) is 0 Å². The van der Waals surface area contributed by atoms with Crippen LogP contribution in [-0.4, -0.2) is 35.2 Å². The van der Waals surface area contributed by atoms with Gasteiger partial charge in [0.1, 0.15) is 0 Å². The standard InChI is InChI=1S/C24H41NO3/c1-15-21(26)8-9-22(27-15)28-17-5-6-18-16(14-17)4-7-20-19(18)10-13-23(2)11-3-12-24(20,23)25/h15-22,26H,3-14,25H2,1-2H3/t15?,16-,17+,18?,19-,20?,21?,22?,23+,24+/m1/s1. The summed E-state index contributed by atoms with van der Waals surface area (Å²) >= 11 is 0. The van der Waals surface area contributed by atoms with Crippen molar-refractivity contribution in [2.75, 3.05) is 0 Å². The van der Waals surface area contributed by atoms with E-state index in [1.165, 1.54) is 64.2 Å². The van der Waals surface area contributed by atoms with Gasteiger partial charge in [-0.3, -0.25) is 0 Å². The molecule has 5 fully saturated rings. The SMILES string of the molecule is CC1OC(O[C@H]2CCC3[C@H](CCC4[C@@H]3CC[C@]3(C)CCC[C@]43N)C2)CCC1O. The number of fused-ring (bicyclic) bond motifs is 5. The Balaban J connectivity index is 1.22. The van der Waals surface area contributed by atoms with Crippen molar-refractivity contribution < 1.29 is 14.6 Å². The molecule has 1 aliphatic heterocycles. The lowest BCUT2D eigenvalue weighted by molar-refractivity contribution is -0.243. The first kappa shape index (κ1) is 19.8. The maximum Gasteiger partial charge on any atom is 0.158 e. The van der Waals surface area contributed by atoms with Gasteiger partial charge in [-0.2, -0.15) is 0 Å². The number of aliphatic hydroxyl groups excluding tert-OH is 1. The van der Waals surface area contributed by atoms with Crippen molar-refractivity contribution in [3.8, 4) is 0 Å². The van der Waals surface area contributed by atoms with Gasteiger partial charge in [0.15, 0.2) is 6.29 Å². The summed E-state index contributed by atoms with van der Waals surface area (Å²) in [5.74, 6) is 3.31. The Hall–Kier alpha value is -0.160. The fourth-order valence-electron chi connectivity index (χ4n) is 8.26. The second-order valence-corrected chi connectivity index (χ2v) is 11.3. The summed E-state index contributed by atoms with van der Waals surface area (Å²) in [6.07, 6.45) is 14.5. The van der Waals surface area contributed by atoms with Gasteiger partial charge >= 0.3 is 0 Å². The lowest BCUT2D eigenvalue weighted by Crippen LogP contribution is -2.63. The first-order valence-electron chi connectivity index (χ1n) is 12.2. The molecule has 0 radical (unpaired) electrons. The molecule has 0 spiro atoms. The zero-order chi connectivity index (χ0) is 19.5. The molecule has 0 aromatic carbocycles. The molecular weight excluding hydrogens is 350 g/mol. The van der Waals surface area contributed by atoms with Crippen LogP contribution in [0.3, 0.4) is 0 Å². The number of ether oxygens (including phenoxy) is 2. The molecule has 28 heavy (non-hydrogen) atoms. The van der Waals surface area contributed by atoms with Crippen molar-refractivity contribution in [2.45, 2.75) is 121 Å². The molecule has 4 heteroatoms. The number of hydrogen-bond donors (Lipinski definition) is 2. The van der Waals surface area contributed by atoms with Crippen LogP contribution in [0.15, 0.2) is 0 Å². The van der Waals surface area contributed by atoms with Crippen LogP contribution in [-0.2, 0) is 9.47 Å². The maximum absolute atomic E-state index is 9.88. The highest BCUT2D eigenvalue weighted by Gasteiger charge is 2.60. The zero-order valence-electron chi connectivity index (χ0n) is 17.9. The average Bonchev–Trinajstić information content (AvgIpc) is 3.00. The summed E-state index contributed by atoms with van der Waals surface area (Å²) in [6.45, 7) is 4.45. The molecule has 1 saturated heterocycles. The van der Waals surface area contributed by atoms with Crippen LogP contribution in [0.25, 0.3) is 0 Å². The highest BCUT2D eigenvalue weighted by molar-refractivity contribution is 5.14. The Morgan fingerprint density at radius 3 is 2.64 bits per heavy atom. The van der Waals surface area contributed by atoms with E-state index in [2.05, 4.69) is 6.92 Å². The van der Waals surface area contributed by atoms with E-state index in [0.29, 0.717) is 11.5 Å². The lowest BCUT2D eigenvalue weighted by atomic mass is 9.48. The van der Waals surface area contributed by atoms with E-state index in [1.807, 2.05) is 6.92 Å². The van der Waals surface area contributed by atoms with Crippen LogP contribution >= 0.6 is 0 Å². The van der Waals surface area contributed by atoms with E-state index >= 15 is 0 Å². The number of aliphatic hydroxyl groups is 1. The minimum absolute atomic E-state index is 0.103. The number of nitrogens with two attached hydrogens (primary N) is 1. The molecule has 5 rings (SSSR count). The third-order valence-electron chi connectivity index (χ3n) is 9.99. The molecule has 3 N–H and O–H groups in total. The fourth-order valence-corrected chi connectivity index (χ4v) is 8.26. The quantitative estimate of drug-likeness (QED) is 0.686. The van der Waals surface area contributed by atoms with Gasteiger partial charge in [-0.25, -0.2) is 0 Å². The predicted molar refractivity (Wildman–Crippen MR) is 110 cm³/mol. The third kappa shape index (κ3) is 3.09. The summed E-state index contributed by atoms with van der Waals surface area (Å²) in [6, 6.07) is 0. The normalized spacial score (nSPS) is 56.6. The van der Waals surface area contributed by atoms with E-state index in [9.17, 15) is 5.11 Å². The van der Waals surface area contributed by atoms with Gasteiger partial charge in [0, 0.05) is 12.0 Å². The highest BCUT2D eigenvalue weighted by Crippen LogP contribution is 2.63. The maximum atomic E-state index is 9.88.